The first-order valence-electron chi connectivity index (χ1n) is 7.14. The molecule has 1 saturated heterocycles. The van der Waals surface area contributed by atoms with E-state index in [1.165, 1.54) is 13.3 Å². The fraction of sp³-hybridized carbons (Fsp3) is 0.533. The van der Waals surface area contributed by atoms with Crippen LogP contribution in [0.15, 0.2) is 18.3 Å². The van der Waals surface area contributed by atoms with Crippen molar-refractivity contribution in [2.24, 2.45) is 11.3 Å². The van der Waals surface area contributed by atoms with Gasteiger partial charge >= 0.3 is 5.97 Å². The number of ether oxygens (including phenoxy) is 1. The van der Waals surface area contributed by atoms with Crippen LogP contribution in [0.1, 0.15) is 29.6 Å². The van der Waals surface area contributed by atoms with Gasteiger partial charge in [0.05, 0.1) is 18.6 Å². The molecular weight excluding hydrogens is 270 g/mol. The number of carbonyl (C=O) groups excluding carboxylic acids is 2. The van der Waals surface area contributed by atoms with Gasteiger partial charge in [-0.25, -0.2) is 4.98 Å². The second-order valence-corrected chi connectivity index (χ2v) is 5.91. The molecule has 0 radical (unpaired) electrons. The summed E-state index contributed by atoms with van der Waals surface area (Å²) >= 11 is 0. The van der Waals surface area contributed by atoms with E-state index in [2.05, 4.69) is 4.98 Å². The SMILES string of the molecule is COC(=O)C1CC12CCN(C(=O)c1ccc(N)nc1)CC2. The van der Waals surface area contributed by atoms with Gasteiger partial charge in [0, 0.05) is 19.3 Å². The molecule has 1 saturated carbocycles. The first-order chi connectivity index (χ1) is 10.1. The number of hydrogen-bond donors (Lipinski definition) is 1. The molecule has 1 amide bonds. The monoisotopic (exact) mass is 289 g/mol. The van der Waals surface area contributed by atoms with Gasteiger partial charge in [-0.1, -0.05) is 0 Å². The van der Waals surface area contributed by atoms with Crippen LogP contribution in [0.2, 0.25) is 0 Å². The van der Waals surface area contributed by atoms with Crippen LogP contribution < -0.4 is 5.73 Å². The number of nitrogens with two attached hydrogens (primary N) is 1. The summed E-state index contributed by atoms with van der Waals surface area (Å²) < 4.78 is 4.82. The second kappa shape index (κ2) is 5.02. The van der Waals surface area contributed by atoms with E-state index in [9.17, 15) is 9.59 Å². The Kier molecular flexibility index (Phi) is 3.31. The summed E-state index contributed by atoms with van der Waals surface area (Å²) in [6.45, 7) is 1.35. The first-order valence-corrected chi connectivity index (χ1v) is 7.14. The summed E-state index contributed by atoms with van der Waals surface area (Å²) in [6.07, 6.45) is 4.13. The Morgan fingerprint density at radius 3 is 2.67 bits per heavy atom. The van der Waals surface area contributed by atoms with Crippen LogP contribution in [0, 0.1) is 11.3 Å². The fourth-order valence-corrected chi connectivity index (χ4v) is 3.25. The van der Waals surface area contributed by atoms with Gasteiger partial charge in [-0.2, -0.15) is 0 Å². The van der Waals surface area contributed by atoms with Gasteiger partial charge in [0.15, 0.2) is 0 Å². The number of hydrogen-bond acceptors (Lipinski definition) is 5. The van der Waals surface area contributed by atoms with E-state index in [-0.39, 0.29) is 23.2 Å². The zero-order valence-electron chi connectivity index (χ0n) is 12.0. The summed E-state index contributed by atoms with van der Waals surface area (Å²) in [5.74, 6) is 0.297. The van der Waals surface area contributed by atoms with Gasteiger partial charge in [0.1, 0.15) is 5.82 Å². The smallest absolute Gasteiger partial charge is 0.309 e. The minimum atomic E-state index is -0.113. The Bertz CT molecular complexity index is 562. The molecule has 6 heteroatoms. The predicted octanol–water partition coefficient (Wildman–Crippen LogP) is 1.08. The number of amides is 1. The molecule has 21 heavy (non-hydrogen) atoms. The van der Waals surface area contributed by atoms with Crippen LogP contribution in [0.5, 0.6) is 0 Å². The van der Waals surface area contributed by atoms with Crippen LogP contribution in [-0.4, -0.2) is 42.0 Å². The van der Waals surface area contributed by atoms with Crippen molar-refractivity contribution in [3.8, 4) is 0 Å². The highest BCUT2D eigenvalue weighted by atomic mass is 16.5. The molecule has 2 N–H and O–H groups in total. The molecule has 112 valence electrons. The standard InChI is InChI=1S/C15H19N3O3/c1-21-14(20)11-8-15(11)4-6-18(7-5-15)13(19)10-2-3-12(16)17-9-10/h2-3,9,11H,4-8H2,1H3,(H2,16,17). The van der Waals surface area contributed by atoms with E-state index in [4.69, 9.17) is 10.5 Å². The molecule has 1 aliphatic heterocycles. The molecule has 2 fully saturated rings. The topological polar surface area (TPSA) is 85.5 Å². The number of esters is 1. The van der Waals surface area contributed by atoms with Crippen LogP contribution in [0.3, 0.4) is 0 Å². The predicted molar refractivity (Wildman–Crippen MR) is 76.3 cm³/mol. The number of pyridine rings is 1. The number of nitrogen functional groups attached to an aromatic ring is 1. The number of carbonyl (C=O) groups is 2. The van der Waals surface area contributed by atoms with Gasteiger partial charge < -0.3 is 15.4 Å². The third kappa shape index (κ3) is 2.46. The van der Waals surface area contributed by atoms with Gasteiger partial charge in [-0.15, -0.1) is 0 Å². The van der Waals surface area contributed by atoms with Crippen LogP contribution in [0.25, 0.3) is 0 Å². The largest absolute Gasteiger partial charge is 0.469 e. The van der Waals surface area contributed by atoms with Crippen LogP contribution in [-0.2, 0) is 9.53 Å². The molecule has 1 atom stereocenters. The second-order valence-electron chi connectivity index (χ2n) is 5.91. The summed E-state index contributed by atoms with van der Waals surface area (Å²) in [5, 5.41) is 0. The Balaban J connectivity index is 1.60. The van der Waals surface area contributed by atoms with Crippen molar-refractivity contribution in [1.29, 1.82) is 0 Å². The molecule has 0 aromatic carbocycles. The molecule has 1 spiro atoms. The van der Waals surface area contributed by atoms with Gasteiger partial charge in [0.2, 0.25) is 0 Å². The highest BCUT2D eigenvalue weighted by Crippen LogP contribution is 2.59. The van der Waals surface area contributed by atoms with Gasteiger partial charge in [-0.05, 0) is 36.8 Å². The van der Waals surface area contributed by atoms with Crippen LogP contribution >= 0.6 is 0 Å². The normalized spacial score (nSPS) is 22.9. The van der Waals surface area contributed by atoms with E-state index in [0.29, 0.717) is 24.5 Å². The van der Waals surface area contributed by atoms with Crippen LogP contribution in [0.4, 0.5) is 5.82 Å². The third-order valence-electron chi connectivity index (χ3n) is 4.76. The van der Waals surface area contributed by atoms with Crippen molar-refractivity contribution < 1.29 is 14.3 Å². The summed E-state index contributed by atoms with van der Waals surface area (Å²) in [5.41, 5.74) is 6.15. The van der Waals surface area contributed by atoms with E-state index >= 15 is 0 Å². The Hall–Kier alpha value is -2.11. The highest BCUT2D eigenvalue weighted by molar-refractivity contribution is 5.94. The van der Waals surface area contributed by atoms with E-state index in [1.807, 2.05) is 4.90 Å². The zero-order valence-corrected chi connectivity index (χ0v) is 12.0. The van der Waals surface area contributed by atoms with Crippen molar-refractivity contribution >= 4 is 17.7 Å². The molecule has 0 bridgehead atoms. The number of methoxy groups -OCH3 is 1. The van der Waals surface area contributed by atoms with Crippen molar-refractivity contribution in [2.75, 3.05) is 25.9 Å². The van der Waals surface area contributed by atoms with Gasteiger partial charge in [-0.3, -0.25) is 9.59 Å². The lowest BCUT2D eigenvalue weighted by atomic mass is 9.90. The third-order valence-corrected chi connectivity index (χ3v) is 4.76. The number of piperidine rings is 1. The molecule has 1 unspecified atom stereocenters. The maximum atomic E-state index is 12.4. The lowest BCUT2D eigenvalue weighted by Crippen LogP contribution is -2.40. The van der Waals surface area contributed by atoms with Crippen molar-refractivity contribution in [1.82, 2.24) is 9.88 Å². The number of likely N-dealkylation sites (tertiary alicyclic amines) is 1. The lowest BCUT2D eigenvalue weighted by Gasteiger charge is -2.32. The molecule has 1 aliphatic carbocycles. The molecule has 3 rings (SSSR count). The zero-order chi connectivity index (χ0) is 15.0. The van der Waals surface area contributed by atoms with E-state index < -0.39 is 0 Å². The average Bonchev–Trinajstić information content (AvgIpc) is 3.21. The Labute approximate surface area is 123 Å². The average molecular weight is 289 g/mol. The Morgan fingerprint density at radius 2 is 2.10 bits per heavy atom. The summed E-state index contributed by atoms with van der Waals surface area (Å²) in [7, 11) is 1.43. The van der Waals surface area contributed by atoms with Gasteiger partial charge in [0.25, 0.3) is 5.91 Å². The molecule has 2 aliphatic rings. The minimum absolute atomic E-state index is 0.0207. The van der Waals surface area contributed by atoms with Crippen molar-refractivity contribution in [2.45, 2.75) is 19.3 Å². The maximum absolute atomic E-state index is 12.4. The first kappa shape index (κ1) is 13.9. The quantitative estimate of drug-likeness (QED) is 0.823. The van der Waals surface area contributed by atoms with E-state index in [1.54, 1.807) is 12.1 Å². The maximum Gasteiger partial charge on any atom is 0.309 e. The molecule has 1 aromatic heterocycles. The molecular formula is C15H19N3O3. The number of rotatable bonds is 2. The number of anilines is 1. The molecule has 1 aromatic rings. The van der Waals surface area contributed by atoms with Crippen molar-refractivity contribution in [3.63, 3.8) is 0 Å². The number of nitrogens with zero attached hydrogens (tertiary/aromatic N) is 2. The summed E-state index contributed by atoms with van der Waals surface area (Å²) in [6, 6.07) is 3.33. The fourth-order valence-electron chi connectivity index (χ4n) is 3.25. The van der Waals surface area contributed by atoms with Crippen molar-refractivity contribution in [3.05, 3.63) is 23.9 Å². The minimum Gasteiger partial charge on any atom is -0.469 e. The Morgan fingerprint density at radius 1 is 1.38 bits per heavy atom. The number of aromatic nitrogens is 1. The van der Waals surface area contributed by atoms with E-state index in [0.717, 1.165) is 19.3 Å². The molecule has 6 nitrogen and oxygen atoms in total. The molecule has 2 heterocycles. The summed E-state index contributed by atoms with van der Waals surface area (Å²) in [4.78, 5) is 29.7. The lowest BCUT2D eigenvalue weighted by molar-refractivity contribution is -0.143. The highest BCUT2D eigenvalue weighted by Gasteiger charge is 2.59.